The van der Waals surface area contributed by atoms with Gasteiger partial charge in [0.25, 0.3) is 0 Å². The summed E-state index contributed by atoms with van der Waals surface area (Å²) < 4.78 is 0. The summed E-state index contributed by atoms with van der Waals surface area (Å²) in [7, 11) is 0. The first-order chi connectivity index (χ1) is 3.93. The molecule has 0 N–H and O–H groups in total. The summed E-state index contributed by atoms with van der Waals surface area (Å²) >= 11 is 0. The quantitative estimate of drug-likeness (QED) is 0.437. The molecule has 0 atom stereocenters. The van der Waals surface area contributed by atoms with Gasteiger partial charge in [0.15, 0.2) is 0 Å². The molecule has 37 valence electrons. The topological polar surface area (TPSA) is 37.9 Å². The fourth-order valence-electron chi connectivity index (χ4n) is 0.426. The highest BCUT2D eigenvalue weighted by molar-refractivity contribution is 5.75. The standard InChI is InChI=1S/C6H4N2/c7-5-6-1-3-8-4-2-6/h1-4H/q+1. The van der Waals surface area contributed by atoms with Crippen molar-refractivity contribution in [3.8, 4) is 6.07 Å². The first-order valence-electron chi connectivity index (χ1n) is 2.23. The molecule has 1 rings (SSSR count). The van der Waals surface area contributed by atoms with Crippen molar-refractivity contribution in [3.63, 3.8) is 0 Å². The lowest BCUT2D eigenvalue weighted by atomic mass is 10.2. The molecule has 0 saturated heterocycles. The van der Waals surface area contributed by atoms with Gasteiger partial charge in [0.1, 0.15) is 0 Å². The van der Waals surface area contributed by atoms with E-state index < -0.39 is 0 Å². The van der Waals surface area contributed by atoms with Gasteiger partial charge in [-0.15, -0.1) is 0 Å². The Balaban J connectivity index is 2.88. The van der Waals surface area contributed by atoms with Crippen LogP contribution < -0.4 is 4.99 Å². The highest BCUT2D eigenvalue weighted by atomic mass is 14.7. The second-order valence-corrected chi connectivity index (χ2v) is 1.35. The summed E-state index contributed by atoms with van der Waals surface area (Å²) in [4.78, 5) is 3.74. The van der Waals surface area contributed by atoms with Gasteiger partial charge in [-0.2, -0.15) is 5.26 Å². The third kappa shape index (κ3) is 0.824. The highest BCUT2D eigenvalue weighted by Gasteiger charge is 1.95. The Morgan fingerprint density at radius 2 is 2.50 bits per heavy atom. The molecule has 0 unspecified atom stereocenters. The highest BCUT2D eigenvalue weighted by Crippen LogP contribution is 1.93. The summed E-state index contributed by atoms with van der Waals surface area (Å²) in [6.45, 7) is 0. The molecule has 0 fully saturated rings. The Morgan fingerprint density at radius 3 is 2.88 bits per heavy atom. The smallest absolute Gasteiger partial charge is 0.192 e. The third-order valence-corrected chi connectivity index (χ3v) is 0.809. The summed E-state index contributed by atoms with van der Waals surface area (Å²) in [5, 5.41) is 8.26. The van der Waals surface area contributed by atoms with Crippen LogP contribution in [0.25, 0.3) is 0 Å². The van der Waals surface area contributed by atoms with Crippen LogP contribution in [0.1, 0.15) is 0 Å². The van der Waals surface area contributed by atoms with Gasteiger partial charge in [0.05, 0.1) is 16.6 Å². The first-order valence-corrected chi connectivity index (χ1v) is 2.23. The molecule has 0 aromatic heterocycles. The van der Waals surface area contributed by atoms with Crippen molar-refractivity contribution in [2.45, 2.75) is 0 Å². The van der Waals surface area contributed by atoms with Gasteiger partial charge in [-0.25, -0.2) is 0 Å². The van der Waals surface area contributed by atoms with Gasteiger partial charge in [-0.3, -0.25) is 0 Å². The van der Waals surface area contributed by atoms with Crippen molar-refractivity contribution in [3.05, 3.63) is 23.9 Å². The molecule has 0 aromatic carbocycles. The average Bonchev–Trinajstić information content (AvgIpc) is 1.90. The number of nitriles is 1. The van der Waals surface area contributed by atoms with Crippen LogP contribution >= 0.6 is 0 Å². The van der Waals surface area contributed by atoms with Crippen LogP contribution in [0.5, 0.6) is 0 Å². The maximum absolute atomic E-state index is 8.26. The largest absolute Gasteiger partial charge is 0.243 e. The number of allylic oxidation sites excluding steroid dienone is 3. The van der Waals surface area contributed by atoms with Gasteiger partial charge in [0.2, 0.25) is 12.4 Å². The van der Waals surface area contributed by atoms with E-state index in [1.807, 2.05) is 6.07 Å². The minimum Gasteiger partial charge on any atom is -0.192 e. The predicted molar refractivity (Wildman–Crippen MR) is 31.0 cm³/mol. The number of hydrogen-bond donors (Lipinski definition) is 0. The van der Waals surface area contributed by atoms with E-state index in [1.54, 1.807) is 24.6 Å². The summed E-state index contributed by atoms with van der Waals surface area (Å²) in [6, 6.07) is 1.99. The molecule has 0 aromatic rings. The lowest BCUT2D eigenvalue weighted by molar-refractivity contribution is 1.37. The van der Waals surface area contributed by atoms with E-state index in [9.17, 15) is 0 Å². The zero-order valence-electron chi connectivity index (χ0n) is 4.20. The second-order valence-electron chi connectivity index (χ2n) is 1.35. The van der Waals surface area contributed by atoms with Crippen LogP contribution in [-0.2, 0) is 0 Å². The van der Waals surface area contributed by atoms with Gasteiger partial charge < -0.3 is 0 Å². The number of aliphatic imine (C=N–C) groups is 1. The lowest BCUT2D eigenvalue weighted by Crippen LogP contribution is -1.86. The summed E-state index contributed by atoms with van der Waals surface area (Å²) in [6.07, 6.45) is 6.52. The molecule has 1 heterocycles. The Morgan fingerprint density at radius 1 is 1.62 bits per heavy atom. The summed E-state index contributed by atoms with van der Waals surface area (Å²) in [5.74, 6) is 0. The van der Waals surface area contributed by atoms with E-state index in [-0.39, 0.29) is 0 Å². The minimum atomic E-state index is 0.653. The van der Waals surface area contributed by atoms with Crippen LogP contribution in [0.2, 0.25) is 0 Å². The zero-order valence-corrected chi connectivity index (χ0v) is 4.20. The molecule has 0 saturated carbocycles. The van der Waals surface area contributed by atoms with Crippen LogP contribution in [0.3, 0.4) is 0 Å². The Bertz CT molecular complexity index is 203. The number of hydrogen-bond acceptors (Lipinski definition) is 2. The second kappa shape index (κ2) is 2.08. The molecular formula is C6H4N2+. The Hall–Kier alpha value is -1.36. The van der Waals surface area contributed by atoms with Crippen LogP contribution in [0, 0.1) is 11.3 Å². The molecule has 0 amide bonds. The van der Waals surface area contributed by atoms with Crippen LogP contribution in [-0.4, -0.2) is 6.21 Å². The normalized spacial score (nSPS) is 15.1. The van der Waals surface area contributed by atoms with Crippen molar-refractivity contribution >= 4 is 6.21 Å². The molecular weight excluding hydrogens is 100 g/mol. The van der Waals surface area contributed by atoms with Gasteiger partial charge in [-0.1, -0.05) is 0 Å². The molecule has 0 spiro atoms. The number of nitrogens with zero attached hydrogens (tertiary/aromatic N) is 2. The van der Waals surface area contributed by atoms with Crippen molar-refractivity contribution in [1.29, 1.82) is 5.26 Å². The Labute approximate surface area is 47.5 Å². The maximum Gasteiger partial charge on any atom is 0.243 e. The molecule has 1 aliphatic heterocycles. The van der Waals surface area contributed by atoms with Gasteiger partial charge in [0, 0.05) is 12.2 Å². The molecule has 0 bridgehead atoms. The van der Waals surface area contributed by atoms with E-state index in [2.05, 4.69) is 4.99 Å². The molecule has 8 heavy (non-hydrogen) atoms. The van der Waals surface area contributed by atoms with Crippen molar-refractivity contribution in [1.82, 2.24) is 4.99 Å². The maximum atomic E-state index is 8.26. The summed E-state index contributed by atoms with van der Waals surface area (Å²) in [5.41, 5.74) is 0.653. The van der Waals surface area contributed by atoms with Gasteiger partial charge >= 0.3 is 0 Å². The monoisotopic (exact) mass is 104 g/mol. The third-order valence-electron chi connectivity index (χ3n) is 0.809. The SMILES string of the molecule is N#CC1=CC=[N+]C=C1. The average molecular weight is 104 g/mol. The first kappa shape index (κ1) is 4.79. The molecule has 1 aliphatic rings. The molecule has 1 radical (unpaired) electrons. The van der Waals surface area contributed by atoms with Crippen LogP contribution in [0.4, 0.5) is 0 Å². The van der Waals surface area contributed by atoms with Crippen molar-refractivity contribution in [2.24, 2.45) is 0 Å². The van der Waals surface area contributed by atoms with Crippen LogP contribution in [0.15, 0.2) is 23.9 Å². The molecule has 0 aliphatic carbocycles. The minimum absolute atomic E-state index is 0.653. The van der Waals surface area contributed by atoms with E-state index in [0.29, 0.717) is 5.57 Å². The van der Waals surface area contributed by atoms with E-state index in [0.717, 1.165) is 0 Å². The molecule has 2 heteroatoms. The molecule has 2 nitrogen and oxygen atoms in total. The zero-order chi connectivity index (χ0) is 5.82. The Kier molecular flexibility index (Phi) is 1.25. The van der Waals surface area contributed by atoms with Gasteiger partial charge in [-0.05, 0) is 0 Å². The predicted octanol–water partition coefficient (Wildman–Crippen LogP) is 0.370. The van der Waals surface area contributed by atoms with Crippen molar-refractivity contribution in [2.75, 3.05) is 0 Å². The fourth-order valence-corrected chi connectivity index (χ4v) is 0.426. The van der Waals surface area contributed by atoms with E-state index >= 15 is 0 Å². The number of rotatable bonds is 0. The lowest BCUT2D eigenvalue weighted by Gasteiger charge is -1.77. The van der Waals surface area contributed by atoms with Crippen molar-refractivity contribution < 1.29 is 0 Å². The van der Waals surface area contributed by atoms with E-state index in [4.69, 9.17) is 5.26 Å². The van der Waals surface area contributed by atoms with E-state index in [1.165, 1.54) is 0 Å². The fraction of sp³-hybridized carbons (Fsp3) is 0.